The smallest absolute Gasteiger partial charge is 0.335 e. The Labute approximate surface area is 176 Å². The van der Waals surface area contributed by atoms with Crippen LogP contribution in [0.25, 0.3) is 0 Å². The van der Waals surface area contributed by atoms with Gasteiger partial charge >= 0.3 is 5.97 Å². The Morgan fingerprint density at radius 3 is 2.31 bits per heavy atom. The molecule has 0 heterocycles. The van der Waals surface area contributed by atoms with E-state index >= 15 is 0 Å². The number of rotatable bonds is 8. The highest BCUT2D eigenvalue weighted by molar-refractivity contribution is 7.90. The van der Waals surface area contributed by atoms with Crippen LogP contribution in [0.5, 0.6) is 0 Å². The lowest BCUT2D eigenvalue weighted by Crippen LogP contribution is -2.38. The number of carbonyl (C=O) groups excluding carboxylic acids is 1. The molecular weight excluding hydrogens is 414 g/mol. The number of sulfonamides is 1. The standard InChI is InChI=1S/C11H16N2O4S2.C8H9NO/c1-2-3-6-12-13-19(16,17)10-7-8(11(14)15)4-5-9(10)18;1-7(10)9-8-5-3-2-4-6-8/h4-5,7,12-13,18H,2-3,6H2,1H3,(H,14,15);2-6H,1H3,(H,9,10). The highest BCUT2D eigenvalue weighted by Crippen LogP contribution is 2.20. The number of unbranched alkanes of at least 4 members (excludes halogenated alkanes) is 1. The predicted molar refractivity (Wildman–Crippen MR) is 115 cm³/mol. The normalized spacial score (nSPS) is 10.6. The van der Waals surface area contributed by atoms with E-state index in [1.54, 1.807) is 0 Å². The largest absolute Gasteiger partial charge is 0.478 e. The van der Waals surface area contributed by atoms with Crippen LogP contribution in [0.3, 0.4) is 0 Å². The second-order valence-electron chi connectivity index (χ2n) is 5.92. The van der Waals surface area contributed by atoms with E-state index in [9.17, 15) is 18.0 Å². The minimum atomic E-state index is -3.83. The van der Waals surface area contributed by atoms with Crippen molar-refractivity contribution < 1.29 is 23.1 Å². The van der Waals surface area contributed by atoms with Crippen LogP contribution in [-0.4, -0.2) is 31.9 Å². The van der Waals surface area contributed by atoms with Crippen molar-refractivity contribution in [2.75, 3.05) is 11.9 Å². The van der Waals surface area contributed by atoms with Crippen molar-refractivity contribution in [2.45, 2.75) is 36.5 Å². The quantitative estimate of drug-likeness (QED) is 0.245. The molecule has 2 rings (SSSR count). The molecule has 0 aliphatic carbocycles. The molecule has 0 saturated carbocycles. The van der Waals surface area contributed by atoms with Gasteiger partial charge in [0.1, 0.15) is 0 Å². The maximum absolute atomic E-state index is 12.0. The molecule has 0 radical (unpaired) electrons. The van der Waals surface area contributed by atoms with Crippen LogP contribution < -0.4 is 15.6 Å². The number of para-hydroxylation sites is 1. The molecule has 4 N–H and O–H groups in total. The number of anilines is 1. The molecule has 0 spiro atoms. The summed E-state index contributed by atoms with van der Waals surface area (Å²) in [6.45, 7) is 3.97. The van der Waals surface area contributed by atoms with Gasteiger partial charge in [0.15, 0.2) is 0 Å². The fourth-order valence-electron chi connectivity index (χ4n) is 2.05. The monoisotopic (exact) mass is 439 g/mol. The maximum Gasteiger partial charge on any atom is 0.335 e. The molecule has 2 aromatic rings. The Morgan fingerprint density at radius 1 is 1.10 bits per heavy atom. The van der Waals surface area contributed by atoms with Crippen LogP contribution in [0, 0.1) is 0 Å². The van der Waals surface area contributed by atoms with E-state index in [-0.39, 0.29) is 21.3 Å². The van der Waals surface area contributed by atoms with E-state index in [1.165, 1.54) is 19.1 Å². The van der Waals surface area contributed by atoms with Crippen molar-refractivity contribution in [3.05, 3.63) is 54.1 Å². The first-order valence-electron chi connectivity index (χ1n) is 8.81. The second kappa shape index (κ2) is 12.2. The summed E-state index contributed by atoms with van der Waals surface area (Å²) in [5.41, 5.74) is 3.32. The van der Waals surface area contributed by atoms with Gasteiger partial charge in [-0.15, -0.1) is 17.5 Å². The van der Waals surface area contributed by atoms with Crippen molar-refractivity contribution in [2.24, 2.45) is 0 Å². The first-order chi connectivity index (χ1) is 13.7. The Bertz CT molecular complexity index is 919. The summed E-state index contributed by atoms with van der Waals surface area (Å²) in [6.07, 6.45) is 1.76. The van der Waals surface area contributed by atoms with Crippen LogP contribution in [-0.2, 0) is 14.8 Å². The molecule has 1 amide bonds. The topological polar surface area (TPSA) is 125 Å². The molecule has 8 nitrogen and oxygen atoms in total. The SMILES string of the molecule is CC(=O)Nc1ccccc1.CCCCNNS(=O)(=O)c1cc(C(=O)O)ccc1S. The molecule has 0 aliphatic heterocycles. The van der Waals surface area contributed by atoms with E-state index in [1.807, 2.05) is 37.3 Å². The molecule has 0 atom stereocenters. The average molecular weight is 440 g/mol. The summed E-state index contributed by atoms with van der Waals surface area (Å²) < 4.78 is 24.0. The average Bonchev–Trinajstić information content (AvgIpc) is 2.66. The molecule has 158 valence electrons. The van der Waals surface area contributed by atoms with E-state index in [0.717, 1.165) is 24.6 Å². The lowest BCUT2D eigenvalue weighted by Gasteiger charge is -2.10. The van der Waals surface area contributed by atoms with Crippen LogP contribution in [0.15, 0.2) is 58.3 Å². The van der Waals surface area contributed by atoms with Crippen molar-refractivity contribution in [3.63, 3.8) is 0 Å². The molecule has 0 saturated heterocycles. The van der Waals surface area contributed by atoms with E-state index in [4.69, 9.17) is 5.11 Å². The van der Waals surface area contributed by atoms with Crippen molar-refractivity contribution in [1.29, 1.82) is 0 Å². The van der Waals surface area contributed by atoms with Crippen LogP contribution in [0.1, 0.15) is 37.0 Å². The lowest BCUT2D eigenvalue weighted by atomic mass is 10.2. The number of aromatic carboxylic acids is 1. The van der Waals surface area contributed by atoms with Gasteiger partial charge in [-0.1, -0.05) is 31.5 Å². The van der Waals surface area contributed by atoms with E-state index in [0.29, 0.717) is 6.54 Å². The Morgan fingerprint density at radius 2 is 1.76 bits per heavy atom. The maximum atomic E-state index is 12.0. The van der Waals surface area contributed by atoms with E-state index in [2.05, 4.69) is 28.2 Å². The Kier molecular flexibility index (Phi) is 10.4. The summed E-state index contributed by atoms with van der Waals surface area (Å²) in [5, 5.41) is 11.5. The van der Waals surface area contributed by atoms with Gasteiger partial charge < -0.3 is 10.4 Å². The zero-order valence-electron chi connectivity index (χ0n) is 16.2. The number of carboxylic acids is 1. The first-order valence-corrected chi connectivity index (χ1v) is 10.7. The lowest BCUT2D eigenvalue weighted by molar-refractivity contribution is -0.114. The van der Waals surface area contributed by atoms with Crippen molar-refractivity contribution in [1.82, 2.24) is 10.3 Å². The highest BCUT2D eigenvalue weighted by Gasteiger charge is 2.19. The van der Waals surface area contributed by atoms with Crippen LogP contribution in [0.2, 0.25) is 0 Å². The van der Waals surface area contributed by atoms with Crippen LogP contribution >= 0.6 is 12.6 Å². The second-order valence-corrected chi connectivity index (χ2v) is 8.05. The van der Waals surface area contributed by atoms with Crippen LogP contribution in [0.4, 0.5) is 5.69 Å². The van der Waals surface area contributed by atoms with Gasteiger partial charge in [-0.25, -0.2) is 18.6 Å². The third kappa shape index (κ3) is 9.09. The molecule has 0 aliphatic rings. The van der Waals surface area contributed by atoms with Gasteiger partial charge in [-0.2, -0.15) is 0 Å². The number of amides is 1. The number of nitrogens with one attached hydrogen (secondary N) is 3. The third-order valence-corrected chi connectivity index (χ3v) is 5.32. The van der Waals surface area contributed by atoms with Crippen molar-refractivity contribution in [3.8, 4) is 0 Å². The predicted octanol–water partition coefficient (Wildman–Crippen LogP) is 2.90. The number of hydrogen-bond acceptors (Lipinski definition) is 6. The minimum absolute atomic E-state index is 0.0359. The fourth-order valence-corrected chi connectivity index (χ4v) is 3.58. The zero-order valence-corrected chi connectivity index (χ0v) is 17.9. The molecule has 0 unspecified atom stereocenters. The number of hydrazine groups is 1. The molecule has 29 heavy (non-hydrogen) atoms. The van der Waals surface area contributed by atoms with Gasteiger partial charge in [-0.3, -0.25) is 4.79 Å². The summed E-state index contributed by atoms with van der Waals surface area (Å²) in [4.78, 5) is 23.6. The number of thiol groups is 1. The van der Waals surface area contributed by atoms with Gasteiger partial charge in [-0.05, 0) is 36.8 Å². The van der Waals surface area contributed by atoms with Gasteiger partial charge in [0.05, 0.1) is 10.5 Å². The number of hydrogen-bond donors (Lipinski definition) is 5. The Hall–Kier alpha value is -2.40. The number of carbonyl (C=O) groups is 2. The summed E-state index contributed by atoms with van der Waals surface area (Å²) in [7, 11) is -3.83. The number of carboxylic acid groups (broad SMARTS) is 1. The first kappa shape index (κ1) is 24.6. The highest BCUT2D eigenvalue weighted by atomic mass is 32.2. The third-order valence-electron chi connectivity index (χ3n) is 3.45. The van der Waals surface area contributed by atoms with Crippen molar-refractivity contribution >= 4 is 40.2 Å². The van der Waals surface area contributed by atoms with Gasteiger partial charge in [0.2, 0.25) is 5.91 Å². The number of benzene rings is 2. The molecule has 0 aromatic heterocycles. The van der Waals surface area contributed by atoms with Gasteiger partial charge in [0, 0.05) is 24.1 Å². The van der Waals surface area contributed by atoms with E-state index < -0.39 is 16.0 Å². The molecule has 2 aromatic carbocycles. The zero-order chi connectivity index (χ0) is 21.9. The summed E-state index contributed by atoms with van der Waals surface area (Å²) >= 11 is 4.03. The minimum Gasteiger partial charge on any atom is -0.478 e. The fraction of sp³-hybridized carbons (Fsp3) is 0.263. The molecular formula is C19H25N3O5S2. The Balaban J connectivity index is 0.000000352. The molecule has 0 fully saturated rings. The molecule has 0 bridgehead atoms. The molecule has 10 heteroatoms. The summed E-state index contributed by atoms with van der Waals surface area (Å²) in [6, 6.07) is 13.1. The summed E-state index contributed by atoms with van der Waals surface area (Å²) in [5.74, 6) is -1.23. The van der Waals surface area contributed by atoms with Gasteiger partial charge in [0.25, 0.3) is 10.0 Å².